The predicted octanol–water partition coefficient (Wildman–Crippen LogP) is 2.19. The summed E-state index contributed by atoms with van der Waals surface area (Å²) in [4.78, 5) is 12.1. The molecule has 0 radical (unpaired) electrons. The molecule has 0 aliphatic heterocycles. The van der Waals surface area contributed by atoms with Crippen molar-refractivity contribution in [3.8, 4) is 6.07 Å². The molecular formula is C17H25N5O. The van der Waals surface area contributed by atoms with E-state index in [4.69, 9.17) is 0 Å². The van der Waals surface area contributed by atoms with E-state index in [9.17, 15) is 10.1 Å². The number of nitrogens with one attached hydrogen (secondary N) is 2. The molecule has 1 heterocycles. The fourth-order valence-electron chi connectivity index (χ4n) is 3.37. The molecule has 6 nitrogen and oxygen atoms in total. The molecule has 1 fully saturated rings. The fraction of sp³-hybridized carbons (Fsp3) is 0.647. The summed E-state index contributed by atoms with van der Waals surface area (Å²) in [7, 11) is 1.67. The lowest BCUT2D eigenvalue weighted by atomic mass is 9.83. The number of rotatable bonds is 5. The molecule has 1 amide bonds. The molecule has 0 bridgehead atoms. The monoisotopic (exact) mass is 315 g/mol. The maximum Gasteiger partial charge on any atom is 0.224 e. The van der Waals surface area contributed by atoms with Crippen molar-refractivity contribution in [2.45, 2.75) is 58.4 Å². The summed E-state index contributed by atoms with van der Waals surface area (Å²) in [6.07, 6.45) is 5.41. The summed E-state index contributed by atoms with van der Waals surface area (Å²) in [6.45, 7) is 4.04. The van der Waals surface area contributed by atoms with E-state index in [1.807, 2.05) is 13.8 Å². The van der Waals surface area contributed by atoms with Crippen molar-refractivity contribution in [2.75, 3.05) is 12.4 Å². The number of nitrogens with zero attached hydrogens (tertiary/aromatic N) is 3. The number of aryl methyl sites for hydroxylation is 1. The smallest absolute Gasteiger partial charge is 0.224 e. The zero-order valence-corrected chi connectivity index (χ0v) is 14.1. The number of hydrogen-bond acceptors (Lipinski definition) is 5. The van der Waals surface area contributed by atoms with Gasteiger partial charge in [-0.25, -0.2) is 0 Å². The zero-order chi connectivity index (χ0) is 16.8. The number of anilines is 1. The average molecular weight is 315 g/mol. The Balaban J connectivity index is 2.31. The summed E-state index contributed by atoms with van der Waals surface area (Å²) in [6, 6.07) is 2.27. The van der Waals surface area contributed by atoms with Gasteiger partial charge in [0.25, 0.3) is 0 Å². The van der Waals surface area contributed by atoms with Crippen LogP contribution in [0.5, 0.6) is 0 Å². The molecule has 1 saturated carbocycles. The molecular weight excluding hydrogens is 290 g/mol. The van der Waals surface area contributed by atoms with Crippen molar-refractivity contribution in [2.24, 2.45) is 5.92 Å². The van der Waals surface area contributed by atoms with Gasteiger partial charge in [0.15, 0.2) is 5.82 Å². The van der Waals surface area contributed by atoms with E-state index >= 15 is 0 Å². The lowest BCUT2D eigenvalue weighted by Crippen LogP contribution is -2.42. The average Bonchev–Trinajstić information content (AvgIpc) is 2.60. The van der Waals surface area contributed by atoms with Crippen LogP contribution in [-0.4, -0.2) is 29.2 Å². The highest BCUT2D eigenvalue weighted by atomic mass is 16.1. The molecule has 2 atom stereocenters. The molecule has 124 valence electrons. The molecule has 1 aromatic heterocycles. The van der Waals surface area contributed by atoms with Gasteiger partial charge in [-0.1, -0.05) is 26.7 Å². The van der Waals surface area contributed by atoms with Crippen molar-refractivity contribution in [1.29, 1.82) is 5.26 Å². The molecule has 2 N–H and O–H groups in total. The first kappa shape index (κ1) is 17.2. The van der Waals surface area contributed by atoms with E-state index in [0.29, 0.717) is 11.4 Å². The van der Waals surface area contributed by atoms with Gasteiger partial charge in [0.05, 0.1) is 11.6 Å². The van der Waals surface area contributed by atoms with Gasteiger partial charge in [-0.3, -0.25) is 4.79 Å². The maximum absolute atomic E-state index is 12.1. The predicted molar refractivity (Wildman–Crippen MR) is 88.9 cm³/mol. The number of carbonyl (C=O) groups excluding carboxylic acids is 1. The molecule has 2 rings (SSSR count). The zero-order valence-electron chi connectivity index (χ0n) is 14.1. The normalized spacial score (nSPS) is 20.6. The van der Waals surface area contributed by atoms with Crippen LogP contribution in [0.15, 0.2) is 0 Å². The Morgan fingerprint density at radius 2 is 2.00 bits per heavy atom. The quantitative estimate of drug-likeness (QED) is 0.869. The number of hydrogen-bond donors (Lipinski definition) is 2. The van der Waals surface area contributed by atoms with Crippen molar-refractivity contribution < 1.29 is 4.79 Å². The first-order valence-electron chi connectivity index (χ1n) is 8.42. The minimum atomic E-state index is -0.0852. The van der Waals surface area contributed by atoms with E-state index in [2.05, 4.69) is 26.9 Å². The lowest BCUT2D eigenvalue weighted by molar-refractivity contribution is -0.125. The number of amides is 1. The van der Waals surface area contributed by atoms with E-state index in [1.165, 1.54) is 0 Å². The third kappa shape index (κ3) is 3.61. The third-order valence-corrected chi connectivity index (χ3v) is 4.63. The topological polar surface area (TPSA) is 90.7 Å². The molecule has 6 heteroatoms. The Morgan fingerprint density at radius 1 is 1.26 bits per heavy atom. The van der Waals surface area contributed by atoms with Gasteiger partial charge in [-0.05, 0) is 31.2 Å². The highest BCUT2D eigenvalue weighted by Crippen LogP contribution is 2.29. The number of carbonyl (C=O) groups is 1. The Hall–Kier alpha value is -2.16. The molecule has 23 heavy (non-hydrogen) atoms. The van der Waals surface area contributed by atoms with Crippen LogP contribution in [0.4, 0.5) is 5.82 Å². The number of aromatic nitrogens is 2. The van der Waals surface area contributed by atoms with Crippen molar-refractivity contribution in [3.63, 3.8) is 0 Å². The molecule has 0 saturated heterocycles. The molecule has 0 spiro atoms. The molecule has 2 unspecified atom stereocenters. The second kappa shape index (κ2) is 7.91. The third-order valence-electron chi connectivity index (χ3n) is 4.63. The second-order valence-corrected chi connectivity index (χ2v) is 5.92. The maximum atomic E-state index is 12.1. The Bertz CT molecular complexity index is 608. The first-order valence-corrected chi connectivity index (χ1v) is 8.42. The summed E-state index contributed by atoms with van der Waals surface area (Å²) >= 11 is 0. The van der Waals surface area contributed by atoms with Crippen molar-refractivity contribution in [3.05, 3.63) is 16.8 Å². The van der Waals surface area contributed by atoms with Gasteiger partial charge < -0.3 is 10.6 Å². The highest BCUT2D eigenvalue weighted by molar-refractivity contribution is 5.79. The molecule has 1 aliphatic rings. The minimum absolute atomic E-state index is 0.00211. The minimum Gasteiger partial charge on any atom is -0.364 e. The van der Waals surface area contributed by atoms with Gasteiger partial charge in [0.2, 0.25) is 5.91 Å². The lowest BCUT2D eigenvalue weighted by Gasteiger charge is -2.31. The van der Waals surface area contributed by atoms with Gasteiger partial charge >= 0.3 is 0 Å². The Morgan fingerprint density at radius 3 is 2.61 bits per heavy atom. The van der Waals surface area contributed by atoms with E-state index in [-0.39, 0.29) is 17.9 Å². The van der Waals surface area contributed by atoms with E-state index < -0.39 is 0 Å². The van der Waals surface area contributed by atoms with Crippen LogP contribution in [0.1, 0.15) is 56.4 Å². The summed E-state index contributed by atoms with van der Waals surface area (Å²) in [5, 5.41) is 24.1. The van der Waals surface area contributed by atoms with Gasteiger partial charge in [-0.15, -0.1) is 5.10 Å². The van der Waals surface area contributed by atoms with Crippen molar-refractivity contribution >= 4 is 11.7 Å². The SMILES string of the molecule is CCc1nnc(NC2CCCCC2C(=O)NC)c(C#N)c1CC. The largest absolute Gasteiger partial charge is 0.364 e. The van der Waals surface area contributed by atoms with Crippen molar-refractivity contribution in [1.82, 2.24) is 15.5 Å². The van der Waals surface area contributed by atoms with E-state index in [1.54, 1.807) is 7.05 Å². The Kier molecular flexibility index (Phi) is 5.91. The van der Waals surface area contributed by atoms with Crippen LogP contribution < -0.4 is 10.6 Å². The van der Waals surface area contributed by atoms with Crippen LogP contribution in [-0.2, 0) is 17.6 Å². The molecule has 1 aromatic rings. The second-order valence-electron chi connectivity index (χ2n) is 5.92. The molecule has 1 aliphatic carbocycles. The van der Waals surface area contributed by atoms with Crippen LogP contribution in [0.25, 0.3) is 0 Å². The first-order chi connectivity index (χ1) is 11.2. The summed E-state index contributed by atoms with van der Waals surface area (Å²) in [5.41, 5.74) is 2.40. The van der Waals surface area contributed by atoms with Gasteiger partial charge in [-0.2, -0.15) is 10.4 Å². The van der Waals surface area contributed by atoms with Crippen LogP contribution in [0.3, 0.4) is 0 Å². The molecule has 0 aromatic carbocycles. The Labute approximate surface area is 137 Å². The van der Waals surface area contributed by atoms with Crippen LogP contribution >= 0.6 is 0 Å². The summed E-state index contributed by atoms with van der Waals surface area (Å²) < 4.78 is 0. The van der Waals surface area contributed by atoms with Gasteiger partial charge in [0, 0.05) is 13.1 Å². The number of nitriles is 1. The summed E-state index contributed by atoms with van der Waals surface area (Å²) in [5.74, 6) is 0.481. The van der Waals surface area contributed by atoms with Crippen LogP contribution in [0.2, 0.25) is 0 Å². The van der Waals surface area contributed by atoms with E-state index in [0.717, 1.165) is 49.8 Å². The standard InChI is InChI=1S/C17H25N5O/c1-4-11-13(10-18)16(22-21-14(11)5-2)20-15-9-7-6-8-12(15)17(23)19-3/h12,15H,4-9H2,1-3H3,(H,19,23)(H,20,22). The fourth-order valence-corrected chi connectivity index (χ4v) is 3.37. The van der Waals surface area contributed by atoms with Crippen LogP contribution in [0, 0.1) is 17.2 Å². The van der Waals surface area contributed by atoms with Gasteiger partial charge in [0.1, 0.15) is 11.6 Å². The highest BCUT2D eigenvalue weighted by Gasteiger charge is 2.31.